The summed E-state index contributed by atoms with van der Waals surface area (Å²) in [5.74, 6) is 0. The highest BCUT2D eigenvalue weighted by atomic mass is 14.5. The molecule has 2 aromatic rings. The standard InChI is InChI=1S/C15H15N/c1-3-12-8-11(2)9-14(10-12)13-4-6-15(16)7-5-13/h3-10H,1,16H2,2H3. The van der Waals surface area contributed by atoms with E-state index >= 15 is 0 Å². The Morgan fingerprint density at radius 2 is 1.69 bits per heavy atom. The maximum Gasteiger partial charge on any atom is 0.0314 e. The van der Waals surface area contributed by atoms with Crippen molar-refractivity contribution in [3.63, 3.8) is 0 Å². The highest BCUT2D eigenvalue weighted by molar-refractivity contribution is 5.69. The van der Waals surface area contributed by atoms with Crippen LogP contribution in [0, 0.1) is 6.92 Å². The first-order valence-corrected chi connectivity index (χ1v) is 5.29. The van der Waals surface area contributed by atoms with E-state index in [1.54, 1.807) is 0 Å². The fourth-order valence-corrected chi connectivity index (χ4v) is 1.77. The molecule has 2 N–H and O–H groups in total. The SMILES string of the molecule is C=Cc1cc(C)cc(-c2ccc(N)cc2)c1. The van der Waals surface area contributed by atoms with Crippen LogP contribution < -0.4 is 5.73 Å². The van der Waals surface area contributed by atoms with Gasteiger partial charge in [0.05, 0.1) is 0 Å². The van der Waals surface area contributed by atoms with E-state index in [0.717, 1.165) is 11.3 Å². The monoisotopic (exact) mass is 209 g/mol. The third kappa shape index (κ3) is 2.14. The van der Waals surface area contributed by atoms with Crippen LogP contribution in [0.15, 0.2) is 49.0 Å². The van der Waals surface area contributed by atoms with Crippen LogP contribution in [0.5, 0.6) is 0 Å². The number of rotatable bonds is 2. The fraction of sp³-hybridized carbons (Fsp3) is 0.0667. The minimum Gasteiger partial charge on any atom is -0.399 e. The van der Waals surface area contributed by atoms with Gasteiger partial charge >= 0.3 is 0 Å². The van der Waals surface area contributed by atoms with Crippen molar-refractivity contribution in [1.29, 1.82) is 0 Å². The summed E-state index contributed by atoms with van der Waals surface area (Å²) < 4.78 is 0. The molecular formula is C15H15N. The van der Waals surface area contributed by atoms with Crippen LogP contribution in [-0.2, 0) is 0 Å². The molecule has 0 spiro atoms. The van der Waals surface area contributed by atoms with Crippen molar-refractivity contribution in [2.24, 2.45) is 0 Å². The number of benzene rings is 2. The number of nitrogen functional groups attached to an aromatic ring is 1. The Morgan fingerprint density at radius 3 is 2.31 bits per heavy atom. The van der Waals surface area contributed by atoms with E-state index in [4.69, 9.17) is 5.73 Å². The predicted octanol–water partition coefficient (Wildman–Crippen LogP) is 3.89. The zero-order valence-corrected chi connectivity index (χ0v) is 9.40. The Hall–Kier alpha value is -2.02. The van der Waals surface area contributed by atoms with Gasteiger partial charge in [0.15, 0.2) is 0 Å². The zero-order chi connectivity index (χ0) is 11.5. The second-order valence-corrected chi connectivity index (χ2v) is 3.96. The summed E-state index contributed by atoms with van der Waals surface area (Å²) in [6.45, 7) is 5.89. The number of hydrogen-bond acceptors (Lipinski definition) is 1. The van der Waals surface area contributed by atoms with Gasteiger partial charge < -0.3 is 5.73 Å². The van der Waals surface area contributed by atoms with E-state index < -0.39 is 0 Å². The average Bonchev–Trinajstić information content (AvgIpc) is 2.29. The topological polar surface area (TPSA) is 26.0 Å². The van der Waals surface area contributed by atoms with Gasteiger partial charge in [0.1, 0.15) is 0 Å². The summed E-state index contributed by atoms with van der Waals surface area (Å²) in [5, 5.41) is 0. The Kier molecular flexibility index (Phi) is 2.78. The molecule has 16 heavy (non-hydrogen) atoms. The Morgan fingerprint density at radius 1 is 1.00 bits per heavy atom. The maximum absolute atomic E-state index is 5.67. The number of anilines is 1. The van der Waals surface area contributed by atoms with Gasteiger partial charge in [0.25, 0.3) is 0 Å². The molecule has 1 heteroatoms. The summed E-state index contributed by atoms with van der Waals surface area (Å²) >= 11 is 0. The summed E-state index contributed by atoms with van der Waals surface area (Å²) in [5.41, 5.74) is 11.2. The van der Waals surface area contributed by atoms with Gasteiger partial charge in [-0.2, -0.15) is 0 Å². The quantitative estimate of drug-likeness (QED) is 0.746. The van der Waals surface area contributed by atoms with Crippen molar-refractivity contribution in [3.05, 3.63) is 60.2 Å². The second kappa shape index (κ2) is 4.23. The van der Waals surface area contributed by atoms with E-state index in [-0.39, 0.29) is 0 Å². The molecule has 0 saturated heterocycles. The fourth-order valence-electron chi connectivity index (χ4n) is 1.77. The molecule has 0 amide bonds. The molecule has 0 bridgehead atoms. The van der Waals surface area contributed by atoms with Crippen molar-refractivity contribution in [1.82, 2.24) is 0 Å². The predicted molar refractivity (Wildman–Crippen MR) is 71.1 cm³/mol. The van der Waals surface area contributed by atoms with Crippen LogP contribution in [0.2, 0.25) is 0 Å². The van der Waals surface area contributed by atoms with Crippen LogP contribution in [0.3, 0.4) is 0 Å². The lowest BCUT2D eigenvalue weighted by Crippen LogP contribution is -1.85. The summed E-state index contributed by atoms with van der Waals surface area (Å²) in [6, 6.07) is 14.3. The molecule has 1 nitrogen and oxygen atoms in total. The molecule has 0 aliphatic carbocycles. The lowest BCUT2D eigenvalue weighted by molar-refractivity contribution is 1.45. The molecular weight excluding hydrogens is 194 g/mol. The average molecular weight is 209 g/mol. The Labute approximate surface area is 96.2 Å². The van der Waals surface area contributed by atoms with Gasteiger partial charge in [0.2, 0.25) is 0 Å². The van der Waals surface area contributed by atoms with Gasteiger partial charge in [-0.25, -0.2) is 0 Å². The van der Waals surface area contributed by atoms with E-state index in [0.29, 0.717) is 0 Å². The highest BCUT2D eigenvalue weighted by Gasteiger charge is 1.99. The molecule has 0 aliphatic heterocycles. The van der Waals surface area contributed by atoms with Gasteiger partial charge in [-0.05, 0) is 47.4 Å². The third-order valence-corrected chi connectivity index (χ3v) is 2.58. The second-order valence-electron chi connectivity index (χ2n) is 3.96. The van der Waals surface area contributed by atoms with Gasteiger partial charge in [-0.15, -0.1) is 0 Å². The molecule has 0 aliphatic rings. The maximum atomic E-state index is 5.67. The largest absolute Gasteiger partial charge is 0.399 e. The van der Waals surface area contributed by atoms with Crippen molar-refractivity contribution >= 4 is 11.8 Å². The van der Waals surface area contributed by atoms with Crippen LogP contribution in [0.1, 0.15) is 11.1 Å². The smallest absolute Gasteiger partial charge is 0.0314 e. The normalized spacial score (nSPS) is 10.1. The minimum absolute atomic E-state index is 0.792. The van der Waals surface area contributed by atoms with Gasteiger partial charge in [0, 0.05) is 5.69 Å². The summed E-state index contributed by atoms with van der Waals surface area (Å²) in [6.07, 6.45) is 1.87. The Balaban J connectivity index is 2.51. The molecule has 0 atom stereocenters. The third-order valence-electron chi connectivity index (χ3n) is 2.58. The first kappa shape index (κ1) is 10.5. The number of nitrogens with two attached hydrogens (primary N) is 1. The highest BCUT2D eigenvalue weighted by Crippen LogP contribution is 2.23. The molecule has 2 rings (SSSR count). The summed E-state index contributed by atoms with van der Waals surface area (Å²) in [7, 11) is 0. The van der Waals surface area contributed by atoms with E-state index in [9.17, 15) is 0 Å². The van der Waals surface area contributed by atoms with E-state index in [2.05, 4.69) is 31.7 Å². The Bertz CT molecular complexity index is 509. The molecule has 0 heterocycles. The molecule has 0 saturated carbocycles. The van der Waals surface area contributed by atoms with Crippen molar-refractivity contribution < 1.29 is 0 Å². The lowest BCUT2D eigenvalue weighted by Gasteiger charge is -2.05. The first-order valence-electron chi connectivity index (χ1n) is 5.29. The van der Waals surface area contributed by atoms with Crippen LogP contribution in [0.4, 0.5) is 5.69 Å². The number of aryl methyl sites for hydroxylation is 1. The van der Waals surface area contributed by atoms with Crippen LogP contribution >= 0.6 is 0 Å². The molecule has 0 aromatic heterocycles. The molecule has 2 aromatic carbocycles. The first-order chi connectivity index (χ1) is 7.69. The van der Waals surface area contributed by atoms with Gasteiger partial charge in [-0.1, -0.05) is 36.9 Å². The van der Waals surface area contributed by atoms with Crippen molar-refractivity contribution in [3.8, 4) is 11.1 Å². The molecule has 0 radical (unpaired) electrons. The van der Waals surface area contributed by atoms with Crippen molar-refractivity contribution in [2.75, 3.05) is 5.73 Å². The van der Waals surface area contributed by atoms with E-state index in [1.807, 2.05) is 30.3 Å². The molecule has 0 fully saturated rings. The van der Waals surface area contributed by atoms with Crippen LogP contribution in [-0.4, -0.2) is 0 Å². The molecule has 0 unspecified atom stereocenters. The molecule has 80 valence electrons. The van der Waals surface area contributed by atoms with Gasteiger partial charge in [-0.3, -0.25) is 0 Å². The van der Waals surface area contributed by atoms with Crippen molar-refractivity contribution in [2.45, 2.75) is 6.92 Å². The summed E-state index contributed by atoms with van der Waals surface area (Å²) in [4.78, 5) is 0. The zero-order valence-electron chi connectivity index (χ0n) is 9.40. The van der Waals surface area contributed by atoms with Crippen LogP contribution in [0.25, 0.3) is 17.2 Å². The minimum atomic E-state index is 0.792. The lowest BCUT2D eigenvalue weighted by atomic mass is 10.00. The number of hydrogen-bond donors (Lipinski definition) is 1. The van der Waals surface area contributed by atoms with E-state index in [1.165, 1.54) is 16.7 Å².